The van der Waals surface area contributed by atoms with Gasteiger partial charge in [0, 0.05) is 6.20 Å². The summed E-state index contributed by atoms with van der Waals surface area (Å²) in [6.45, 7) is 0. The zero-order valence-corrected chi connectivity index (χ0v) is 12.9. The van der Waals surface area contributed by atoms with Crippen LogP contribution in [-0.2, 0) is 14.9 Å². The van der Waals surface area contributed by atoms with E-state index in [9.17, 15) is 13.2 Å². The van der Waals surface area contributed by atoms with Gasteiger partial charge in [-0.2, -0.15) is 5.48 Å². The van der Waals surface area contributed by atoms with Crippen molar-refractivity contribution in [1.82, 2.24) is 19.7 Å². The maximum absolute atomic E-state index is 11.9. The predicted octanol–water partition coefficient (Wildman–Crippen LogP) is 1.62. The van der Waals surface area contributed by atoms with E-state index < -0.39 is 16.1 Å². The number of hydrogen-bond donors (Lipinski definition) is 2. The Balaban J connectivity index is 1.99. The third-order valence-corrected chi connectivity index (χ3v) is 4.04. The number of rotatable bonds is 4. The lowest BCUT2D eigenvalue weighted by Gasteiger charge is -2.08. The Morgan fingerprint density at radius 2 is 1.86 bits per heavy atom. The SMILES string of the molecule is O=C(NS(=O)(=O)c1cccnc1Cl)ONc1ncc(Cl)cn1. The molecule has 2 rings (SSSR count). The summed E-state index contributed by atoms with van der Waals surface area (Å²) < 4.78 is 25.5. The first-order valence-corrected chi connectivity index (χ1v) is 7.70. The van der Waals surface area contributed by atoms with Crippen LogP contribution in [-0.4, -0.2) is 29.5 Å². The highest BCUT2D eigenvalue weighted by Gasteiger charge is 2.22. The van der Waals surface area contributed by atoms with Crippen molar-refractivity contribution in [2.75, 3.05) is 5.48 Å². The van der Waals surface area contributed by atoms with Crippen LogP contribution < -0.4 is 10.2 Å². The third kappa shape index (κ3) is 4.16. The molecule has 0 radical (unpaired) electrons. The number of carbonyl (C=O) groups is 1. The number of amides is 1. The molecule has 0 aliphatic carbocycles. The average molecular weight is 364 g/mol. The van der Waals surface area contributed by atoms with Crippen LogP contribution in [0.3, 0.4) is 0 Å². The number of nitrogens with one attached hydrogen (secondary N) is 2. The zero-order chi connectivity index (χ0) is 16.2. The maximum atomic E-state index is 11.9. The van der Waals surface area contributed by atoms with Crippen LogP contribution in [0, 0.1) is 0 Å². The van der Waals surface area contributed by atoms with E-state index in [0.717, 1.165) is 0 Å². The summed E-state index contributed by atoms with van der Waals surface area (Å²) in [6, 6.07) is 2.53. The molecule has 0 aromatic carbocycles. The van der Waals surface area contributed by atoms with Gasteiger partial charge in [0.15, 0.2) is 0 Å². The molecule has 0 saturated carbocycles. The first kappa shape index (κ1) is 16.2. The molecule has 116 valence electrons. The van der Waals surface area contributed by atoms with Gasteiger partial charge in [-0.1, -0.05) is 23.2 Å². The molecule has 22 heavy (non-hydrogen) atoms. The van der Waals surface area contributed by atoms with Gasteiger partial charge in [-0.05, 0) is 12.1 Å². The van der Waals surface area contributed by atoms with Crippen molar-refractivity contribution in [3.63, 3.8) is 0 Å². The van der Waals surface area contributed by atoms with Crippen molar-refractivity contribution < 1.29 is 18.0 Å². The van der Waals surface area contributed by atoms with E-state index in [1.54, 1.807) is 4.72 Å². The summed E-state index contributed by atoms with van der Waals surface area (Å²) in [5.41, 5.74) is 2.05. The predicted molar refractivity (Wildman–Crippen MR) is 76.7 cm³/mol. The highest BCUT2D eigenvalue weighted by Crippen LogP contribution is 2.17. The topological polar surface area (TPSA) is 123 Å². The Morgan fingerprint density at radius 1 is 1.18 bits per heavy atom. The average Bonchev–Trinajstić information content (AvgIpc) is 2.46. The van der Waals surface area contributed by atoms with E-state index in [1.165, 1.54) is 30.7 Å². The Bertz CT molecular complexity index is 784. The van der Waals surface area contributed by atoms with Crippen LogP contribution in [0.5, 0.6) is 0 Å². The summed E-state index contributed by atoms with van der Waals surface area (Å²) in [7, 11) is -4.22. The lowest BCUT2D eigenvalue weighted by molar-refractivity contribution is 0.175. The van der Waals surface area contributed by atoms with Crippen molar-refractivity contribution >= 4 is 45.3 Å². The van der Waals surface area contributed by atoms with Crippen LogP contribution in [0.15, 0.2) is 35.6 Å². The Kier molecular flexibility index (Phi) is 4.96. The molecular formula is C10H7Cl2N5O4S. The van der Waals surface area contributed by atoms with Crippen LogP contribution >= 0.6 is 23.2 Å². The van der Waals surface area contributed by atoms with Crippen LogP contribution in [0.2, 0.25) is 10.2 Å². The molecule has 0 atom stereocenters. The normalized spacial score (nSPS) is 10.8. The molecule has 0 bridgehead atoms. The number of carbonyl (C=O) groups excluding carboxylic acids is 1. The van der Waals surface area contributed by atoms with Gasteiger partial charge in [0.1, 0.15) is 10.0 Å². The summed E-state index contributed by atoms with van der Waals surface area (Å²) in [5.74, 6) is -0.0867. The first-order chi connectivity index (χ1) is 10.4. The zero-order valence-electron chi connectivity index (χ0n) is 10.5. The highest BCUT2D eigenvalue weighted by atomic mass is 35.5. The van der Waals surface area contributed by atoms with Crippen LogP contribution in [0.25, 0.3) is 0 Å². The van der Waals surface area contributed by atoms with E-state index >= 15 is 0 Å². The van der Waals surface area contributed by atoms with Gasteiger partial charge in [-0.15, -0.1) is 0 Å². The van der Waals surface area contributed by atoms with E-state index in [2.05, 4.69) is 25.3 Å². The fraction of sp³-hybridized carbons (Fsp3) is 0. The van der Waals surface area contributed by atoms with Gasteiger partial charge >= 0.3 is 6.09 Å². The molecule has 0 aliphatic heterocycles. The number of aromatic nitrogens is 3. The van der Waals surface area contributed by atoms with E-state index in [4.69, 9.17) is 23.2 Å². The molecule has 0 aliphatic rings. The summed E-state index contributed by atoms with van der Waals surface area (Å²) in [4.78, 5) is 26.5. The second-order valence-corrected chi connectivity index (χ2v) is 6.06. The van der Waals surface area contributed by atoms with Gasteiger partial charge in [0.25, 0.3) is 16.0 Å². The van der Waals surface area contributed by atoms with Gasteiger partial charge < -0.3 is 4.84 Å². The van der Waals surface area contributed by atoms with Gasteiger partial charge in [-0.3, -0.25) is 0 Å². The van der Waals surface area contributed by atoms with Gasteiger partial charge in [-0.25, -0.2) is 32.9 Å². The van der Waals surface area contributed by atoms with Gasteiger partial charge in [0.05, 0.1) is 17.4 Å². The number of sulfonamides is 1. The summed E-state index contributed by atoms with van der Waals surface area (Å²) in [6.07, 6.45) is 2.51. The Labute approximate surface area is 134 Å². The summed E-state index contributed by atoms with van der Waals surface area (Å²) >= 11 is 11.2. The van der Waals surface area contributed by atoms with Crippen molar-refractivity contribution in [2.24, 2.45) is 0 Å². The smallest absolute Gasteiger partial charge is 0.321 e. The van der Waals surface area contributed by atoms with Crippen LogP contribution in [0.4, 0.5) is 10.7 Å². The summed E-state index contributed by atoms with van der Waals surface area (Å²) in [5, 5.41) is 0.000549. The largest absolute Gasteiger partial charge is 0.445 e. The fourth-order valence-electron chi connectivity index (χ4n) is 1.21. The van der Waals surface area contributed by atoms with Crippen LogP contribution in [0.1, 0.15) is 0 Å². The lowest BCUT2D eigenvalue weighted by Crippen LogP contribution is -2.33. The van der Waals surface area contributed by atoms with Gasteiger partial charge in [0.2, 0.25) is 0 Å². The molecule has 12 heteroatoms. The molecule has 0 spiro atoms. The quantitative estimate of drug-likeness (QED) is 0.620. The van der Waals surface area contributed by atoms with Crippen molar-refractivity contribution in [3.05, 3.63) is 40.9 Å². The lowest BCUT2D eigenvalue weighted by atomic mass is 10.5. The number of pyridine rings is 1. The number of hydrogen-bond acceptors (Lipinski definition) is 8. The minimum Gasteiger partial charge on any atom is -0.321 e. The highest BCUT2D eigenvalue weighted by molar-refractivity contribution is 7.90. The molecule has 2 aromatic heterocycles. The Hall–Kier alpha value is -2.17. The second-order valence-electron chi connectivity index (χ2n) is 3.61. The maximum Gasteiger partial charge on any atom is 0.445 e. The van der Waals surface area contributed by atoms with Crippen molar-refractivity contribution in [1.29, 1.82) is 0 Å². The number of halogens is 2. The Morgan fingerprint density at radius 3 is 2.50 bits per heavy atom. The molecule has 9 nitrogen and oxygen atoms in total. The third-order valence-electron chi connectivity index (χ3n) is 2.09. The molecule has 2 aromatic rings. The molecule has 2 heterocycles. The molecule has 0 fully saturated rings. The monoisotopic (exact) mass is 363 g/mol. The van der Waals surface area contributed by atoms with Crippen molar-refractivity contribution in [3.8, 4) is 0 Å². The molecule has 2 N–H and O–H groups in total. The molecule has 0 saturated heterocycles. The molecular weight excluding hydrogens is 357 g/mol. The minimum absolute atomic E-state index is 0.0867. The van der Waals surface area contributed by atoms with Crippen molar-refractivity contribution in [2.45, 2.75) is 4.90 Å². The molecule has 0 unspecified atom stereocenters. The van der Waals surface area contributed by atoms with E-state index in [0.29, 0.717) is 0 Å². The molecule has 1 amide bonds. The van der Waals surface area contributed by atoms with E-state index in [-0.39, 0.29) is 21.0 Å². The minimum atomic E-state index is -4.22. The second kappa shape index (κ2) is 6.73. The number of nitrogens with zero attached hydrogens (tertiary/aromatic N) is 3. The standard InChI is InChI=1S/C10H7Cl2N5O4S/c11-6-4-14-9(15-5-6)16-21-10(18)17-22(19,20)7-2-1-3-13-8(7)12/h1-5H,(H,17,18)(H,14,15,16). The van der Waals surface area contributed by atoms with E-state index in [1.807, 2.05) is 0 Å². The number of anilines is 1. The first-order valence-electron chi connectivity index (χ1n) is 5.46. The fourth-order valence-corrected chi connectivity index (χ4v) is 2.64.